The van der Waals surface area contributed by atoms with Crippen LogP contribution in [0.1, 0.15) is 48.9 Å². The molecule has 0 bridgehead atoms. The largest absolute Gasteiger partial charge is 0.371 e. The van der Waals surface area contributed by atoms with Gasteiger partial charge in [-0.15, -0.1) is 0 Å². The molecule has 2 saturated heterocycles. The van der Waals surface area contributed by atoms with E-state index in [2.05, 4.69) is 88.1 Å². The molecule has 2 aromatic carbocycles. The molecule has 0 N–H and O–H groups in total. The van der Waals surface area contributed by atoms with Gasteiger partial charge in [0.2, 0.25) is 0 Å². The van der Waals surface area contributed by atoms with Gasteiger partial charge >= 0.3 is 0 Å². The fourth-order valence-electron chi connectivity index (χ4n) is 5.05. The average Bonchev–Trinajstić information content (AvgIpc) is 2.89. The van der Waals surface area contributed by atoms with Crippen LogP contribution in [0.15, 0.2) is 66.9 Å². The zero-order valence-electron chi connectivity index (χ0n) is 19.6. The highest BCUT2D eigenvalue weighted by molar-refractivity contribution is 5.63. The van der Waals surface area contributed by atoms with E-state index in [1.165, 1.54) is 62.0 Å². The Morgan fingerprint density at radius 1 is 0.727 bits per heavy atom. The third kappa shape index (κ3) is 5.46. The molecule has 5 rings (SSSR count). The summed E-state index contributed by atoms with van der Waals surface area (Å²) in [6.07, 6.45) is 8.66. The van der Waals surface area contributed by atoms with E-state index in [-0.39, 0.29) is 0 Å². The Bertz CT molecular complexity index is 1090. The van der Waals surface area contributed by atoms with Gasteiger partial charge in [-0.2, -0.15) is 0 Å². The minimum Gasteiger partial charge on any atom is -0.371 e. The first kappa shape index (κ1) is 21.7. The zero-order valence-corrected chi connectivity index (χ0v) is 19.6. The van der Waals surface area contributed by atoms with E-state index in [1.807, 2.05) is 12.3 Å². The van der Waals surface area contributed by atoms with Crippen LogP contribution in [0.25, 0.3) is 11.1 Å². The molecule has 3 heteroatoms. The van der Waals surface area contributed by atoms with Crippen molar-refractivity contribution in [1.29, 1.82) is 0 Å². The number of aryl methyl sites for hydroxylation is 1. The number of aromatic nitrogens is 1. The smallest absolute Gasteiger partial charge is 0.113 e. The van der Waals surface area contributed by atoms with Crippen molar-refractivity contribution in [3.8, 4) is 23.0 Å². The number of benzene rings is 2. The minimum absolute atomic E-state index is 0.789. The van der Waals surface area contributed by atoms with Gasteiger partial charge in [0.15, 0.2) is 0 Å². The average molecular weight is 436 g/mol. The summed E-state index contributed by atoms with van der Waals surface area (Å²) in [6, 6.07) is 22.1. The van der Waals surface area contributed by atoms with Gasteiger partial charge in [-0.3, -0.25) is 0 Å². The summed E-state index contributed by atoms with van der Waals surface area (Å²) in [4.78, 5) is 9.81. The monoisotopic (exact) mass is 435 g/mol. The molecule has 168 valence electrons. The van der Waals surface area contributed by atoms with Gasteiger partial charge in [0.25, 0.3) is 0 Å². The lowest BCUT2D eigenvalue weighted by Crippen LogP contribution is -2.46. The first-order valence-corrected chi connectivity index (χ1v) is 12.4. The van der Waals surface area contributed by atoms with Gasteiger partial charge in [-0.1, -0.05) is 48.2 Å². The van der Waals surface area contributed by atoms with Crippen molar-refractivity contribution in [1.82, 2.24) is 9.88 Å². The zero-order chi connectivity index (χ0) is 22.5. The first-order valence-electron chi connectivity index (χ1n) is 12.4. The van der Waals surface area contributed by atoms with Crippen LogP contribution in [-0.2, 0) is 0 Å². The van der Waals surface area contributed by atoms with Crippen LogP contribution in [0.3, 0.4) is 0 Å². The molecule has 0 unspecified atom stereocenters. The maximum atomic E-state index is 4.54. The quantitative estimate of drug-likeness (QED) is 0.477. The van der Waals surface area contributed by atoms with Gasteiger partial charge in [0.1, 0.15) is 5.69 Å². The summed E-state index contributed by atoms with van der Waals surface area (Å²) in [5.74, 6) is 6.48. The van der Waals surface area contributed by atoms with Crippen LogP contribution >= 0.6 is 0 Å². The van der Waals surface area contributed by atoms with E-state index in [4.69, 9.17) is 0 Å². The number of piperidine rings is 2. The van der Waals surface area contributed by atoms with Gasteiger partial charge in [-0.05, 0) is 87.5 Å². The lowest BCUT2D eigenvalue weighted by molar-refractivity contribution is 0.141. The predicted molar refractivity (Wildman–Crippen MR) is 137 cm³/mol. The molecule has 2 fully saturated rings. The second kappa shape index (κ2) is 10.2. The van der Waals surface area contributed by atoms with E-state index in [9.17, 15) is 0 Å². The Balaban J connectivity index is 1.17. The molecule has 0 radical (unpaired) electrons. The van der Waals surface area contributed by atoms with Crippen LogP contribution in [0.4, 0.5) is 5.69 Å². The van der Waals surface area contributed by atoms with E-state index in [0.717, 1.165) is 36.0 Å². The number of anilines is 1. The lowest BCUT2D eigenvalue weighted by Gasteiger charge is -2.41. The van der Waals surface area contributed by atoms with Crippen LogP contribution in [0, 0.1) is 18.8 Å². The molecule has 0 aliphatic carbocycles. The van der Waals surface area contributed by atoms with E-state index < -0.39 is 0 Å². The van der Waals surface area contributed by atoms with Crippen LogP contribution in [-0.4, -0.2) is 42.1 Å². The molecule has 2 aliphatic rings. The highest BCUT2D eigenvalue weighted by Crippen LogP contribution is 2.25. The molecule has 3 aromatic rings. The molecule has 33 heavy (non-hydrogen) atoms. The van der Waals surface area contributed by atoms with Gasteiger partial charge in [-0.25, -0.2) is 4.98 Å². The van der Waals surface area contributed by atoms with Crippen LogP contribution < -0.4 is 4.90 Å². The number of rotatable bonds is 3. The molecular weight excluding hydrogens is 402 g/mol. The predicted octanol–water partition coefficient (Wildman–Crippen LogP) is 5.91. The lowest BCUT2D eigenvalue weighted by atomic mass is 9.99. The Morgan fingerprint density at radius 2 is 1.42 bits per heavy atom. The summed E-state index contributed by atoms with van der Waals surface area (Å²) < 4.78 is 0. The van der Waals surface area contributed by atoms with E-state index >= 15 is 0 Å². The maximum absolute atomic E-state index is 4.54. The molecule has 3 heterocycles. The highest BCUT2D eigenvalue weighted by atomic mass is 15.2. The van der Waals surface area contributed by atoms with Gasteiger partial charge in [0.05, 0.1) is 0 Å². The molecule has 0 spiro atoms. The third-order valence-electron chi connectivity index (χ3n) is 7.09. The van der Waals surface area contributed by atoms with Crippen molar-refractivity contribution < 1.29 is 0 Å². The SMILES string of the molecule is Cc1ccc(-c2ccc(C#Cc3ccc(N4CCC(N5CCCCC5)CC4)cc3)nc2)cc1. The maximum Gasteiger partial charge on any atom is 0.113 e. The Labute approximate surface area is 198 Å². The standard InChI is InChI=1S/C30H33N3/c1-24-5-10-26(11-6-24)27-12-14-28(31-23-27)13-7-25-8-15-29(16-9-25)33-21-17-30(18-22-33)32-19-3-2-4-20-32/h5-6,8-12,14-16,23,30H,2-4,17-22H2,1H3. The van der Waals surface area contributed by atoms with E-state index in [0.29, 0.717) is 0 Å². The molecule has 0 atom stereocenters. The van der Waals surface area contributed by atoms with Crippen LogP contribution in [0.2, 0.25) is 0 Å². The second-order valence-corrected chi connectivity index (χ2v) is 9.41. The fraction of sp³-hybridized carbons (Fsp3) is 0.367. The molecule has 3 nitrogen and oxygen atoms in total. The van der Waals surface area contributed by atoms with Crippen molar-refractivity contribution in [2.24, 2.45) is 0 Å². The summed E-state index contributed by atoms with van der Waals surface area (Å²) >= 11 is 0. The summed E-state index contributed by atoms with van der Waals surface area (Å²) in [5.41, 5.74) is 6.72. The summed E-state index contributed by atoms with van der Waals surface area (Å²) in [7, 11) is 0. The number of likely N-dealkylation sites (tertiary alicyclic amines) is 1. The van der Waals surface area contributed by atoms with Crippen molar-refractivity contribution >= 4 is 5.69 Å². The highest BCUT2D eigenvalue weighted by Gasteiger charge is 2.25. The topological polar surface area (TPSA) is 19.4 Å². The van der Waals surface area contributed by atoms with Crippen LogP contribution in [0.5, 0.6) is 0 Å². The second-order valence-electron chi connectivity index (χ2n) is 9.41. The molecule has 1 aromatic heterocycles. The Morgan fingerprint density at radius 3 is 2.09 bits per heavy atom. The Hall–Kier alpha value is -3.09. The number of hydrogen-bond acceptors (Lipinski definition) is 3. The minimum atomic E-state index is 0.789. The molecular formula is C30H33N3. The van der Waals surface area contributed by atoms with Crippen molar-refractivity contribution in [3.05, 3.63) is 83.7 Å². The number of nitrogens with zero attached hydrogens (tertiary/aromatic N) is 3. The van der Waals surface area contributed by atoms with E-state index in [1.54, 1.807) is 0 Å². The molecule has 0 saturated carbocycles. The number of hydrogen-bond donors (Lipinski definition) is 0. The summed E-state index contributed by atoms with van der Waals surface area (Å²) in [6.45, 7) is 7.03. The first-order chi connectivity index (χ1) is 16.2. The molecule has 2 aliphatic heterocycles. The van der Waals surface area contributed by atoms with Crippen molar-refractivity contribution in [3.63, 3.8) is 0 Å². The summed E-state index contributed by atoms with van der Waals surface area (Å²) in [5, 5.41) is 0. The Kier molecular flexibility index (Phi) is 6.74. The third-order valence-corrected chi connectivity index (χ3v) is 7.09. The fourth-order valence-corrected chi connectivity index (χ4v) is 5.05. The van der Waals surface area contributed by atoms with Gasteiger partial charge in [0, 0.05) is 42.1 Å². The molecule has 0 amide bonds. The van der Waals surface area contributed by atoms with Crippen molar-refractivity contribution in [2.45, 2.75) is 45.1 Å². The van der Waals surface area contributed by atoms with Gasteiger partial charge < -0.3 is 9.80 Å². The van der Waals surface area contributed by atoms with Crippen molar-refractivity contribution in [2.75, 3.05) is 31.1 Å². The normalized spacial score (nSPS) is 17.4. The number of pyridine rings is 1.